The monoisotopic (exact) mass is 316 g/mol. The number of hydrogen-bond donors (Lipinski definition) is 1. The van der Waals surface area contributed by atoms with Gasteiger partial charge in [-0.3, -0.25) is 4.79 Å². The third-order valence-corrected chi connectivity index (χ3v) is 3.95. The molecule has 0 bridgehead atoms. The van der Waals surface area contributed by atoms with Gasteiger partial charge in [-0.15, -0.1) is 0 Å². The van der Waals surface area contributed by atoms with Crippen molar-refractivity contribution in [3.63, 3.8) is 0 Å². The molecule has 3 rings (SSSR count). The van der Waals surface area contributed by atoms with Crippen LogP contribution in [-0.2, 0) is 17.6 Å². The van der Waals surface area contributed by atoms with E-state index in [1.807, 2.05) is 6.07 Å². The Bertz CT molecular complexity index is 687. The molecule has 1 aromatic heterocycles. The maximum atomic E-state index is 11.2. The van der Waals surface area contributed by atoms with Crippen LogP contribution < -0.4 is 10.2 Å². The number of rotatable bonds is 2. The average Bonchev–Trinajstić information content (AvgIpc) is 2.70. The summed E-state index contributed by atoms with van der Waals surface area (Å²) in [6.45, 7) is 3.28. The summed E-state index contributed by atoms with van der Waals surface area (Å²) in [5.41, 5.74) is 3.44. The first-order chi connectivity index (χ1) is 10.6. The summed E-state index contributed by atoms with van der Waals surface area (Å²) in [5.74, 6) is 0.797. The maximum Gasteiger partial charge on any atom is 0.221 e. The van der Waals surface area contributed by atoms with Crippen LogP contribution in [0.3, 0.4) is 0 Å². The predicted octanol–water partition coefficient (Wildman–Crippen LogP) is 2.69. The maximum absolute atomic E-state index is 11.2. The molecule has 0 spiro atoms. The van der Waals surface area contributed by atoms with E-state index in [1.165, 1.54) is 18.1 Å². The van der Waals surface area contributed by atoms with Gasteiger partial charge < -0.3 is 10.2 Å². The lowest BCUT2D eigenvalue weighted by Crippen LogP contribution is -2.26. The zero-order valence-corrected chi connectivity index (χ0v) is 13.1. The topological polar surface area (TPSA) is 58.1 Å². The second-order valence-electron chi connectivity index (χ2n) is 5.35. The van der Waals surface area contributed by atoms with Gasteiger partial charge in [-0.25, -0.2) is 9.97 Å². The number of carbonyl (C=O) groups excluding carboxylic acids is 1. The first-order valence-corrected chi connectivity index (χ1v) is 7.61. The Morgan fingerprint density at radius 3 is 2.64 bits per heavy atom. The molecule has 0 unspecified atom stereocenters. The lowest BCUT2D eigenvalue weighted by atomic mass is 10.0. The molecule has 2 heterocycles. The number of carbonyl (C=O) groups is 1. The minimum atomic E-state index is -0.0494. The number of aromatic nitrogens is 2. The van der Waals surface area contributed by atoms with E-state index in [-0.39, 0.29) is 5.91 Å². The predicted molar refractivity (Wildman–Crippen MR) is 87.4 cm³/mol. The number of halogens is 1. The molecule has 0 saturated heterocycles. The van der Waals surface area contributed by atoms with Gasteiger partial charge in [-0.05, 0) is 36.1 Å². The Morgan fingerprint density at radius 1 is 1.18 bits per heavy atom. The molecule has 1 amide bonds. The third-order valence-electron chi connectivity index (χ3n) is 3.76. The normalized spacial score (nSPS) is 14.2. The molecule has 1 aliphatic rings. The first-order valence-electron chi connectivity index (χ1n) is 7.24. The van der Waals surface area contributed by atoms with E-state index in [1.54, 1.807) is 12.4 Å². The van der Waals surface area contributed by atoms with Crippen LogP contribution in [0.1, 0.15) is 18.1 Å². The van der Waals surface area contributed by atoms with Crippen molar-refractivity contribution in [1.82, 2.24) is 9.97 Å². The van der Waals surface area contributed by atoms with Gasteiger partial charge in [0.2, 0.25) is 5.91 Å². The molecule has 22 heavy (non-hydrogen) atoms. The smallest absolute Gasteiger partial charge is 0.221 e. The van der Waals surface area contributed by atoms with E-state index < -0.39 is 0 Å². The number of fused-ring (bicyclic) bond motifs is 1. The molecule has 5 nitrogen and oxygen atoms in total. The van der Waals surface area contributed by atoms with Crippen LogP contribution in [0.2, 0.25) is 5.15 Å². The lowest BCUT2D eigenvalue weighted by Gasteiger charge is -2.20. The number of amides is 1. The highest BCUT2D eigenvalue weighted by Crippen LogP contribution is 2.22. The van der Waals surface area contributed by atoms with Crippen molar-refractivity contribution in [3.05, 3.63) is 46.9 Å². The summed E-state index contributed by atoms with van der Waals surface area (Å²) in [4.78, 5) is 21.8. The minimum absolute atomic E-state index is 0.0494. The summed E-state index contributed by atoms with van der Waals surface area (Å²) in [6.07, 6.45) is 5.14. The van der Waals surface area contributed by atoms with E-state index >= 15 is 0 Å². The molecule has 6 heteroatoms. The largest absolute Gasteiger partial charge is 0.355 e. The zero-order valence-electron chi connectivity index (χ0n) is 12.3. The van der Waals surface area contributed by atoms with Gasteiger partial charge in [-0.2, -0.15) is 0 Å². The van der Waals surface area contributed by atoms with Crippen LogP contribution in [0.5, 0.6) is 0 Å². The molecule has 2 aromatic rings. The summed E-state index contributed by atoms with van der Waals surface area (Å²) in [6, 6.07) is 6.11. The van der Waals surface area contributed by atoms with E-state index in [4.69, 9.17) is 11.6 Å². The fraction of sp³-hybridized carbons (Fsp3) is 0.312. The minimum Gasteiger partial charge on any atom is -0.355 e. The van der Waals surface area contributed by atoms with Crippen LogP contribution in [0, 0.1) is 0 Å². The number of nitrogens with zero attached hydrogens (tertiary/aromatic N) is 3. The Morgan fingerprint density at radius 2 is 1.95 bits per heavy atom. The quantitative estimate of drug-likeness (QED) is 0.925. The molecule has 1 aliphatic heterocycles. The molecule has 1 aromatic carbocycles. The van der Waals surface area contributed by atoms with E-state index in [0.717, 1.165) is 37.4 Å². The van der Waals surface area contributed by atoms with Gasteiger partial charge in [-0.1, -0.05) is 17.7 Å². The van der Waals surface area contributed by atoms with Crippen molar-refractivity contribution in [2.24, 2.45) is 0 Å². The van der Waals surface area contributed by atoms with E-state index in [2.05, 4.69) is 32.3 Å². The summed E-state index contributed by atoms with van der Waals surface area (Å²) in [7, 11) is 0. The van der Waals surface area contributed by atoms with Gasteiger partial charge >= 0.3 is 0 Å². The van der Waals surface area contributed by atoms with Crippen molar-refractivity contribution in [1.29, 1.82) is 0 Å². The summed E-state index contributed by atoms with van der Waals surface area (Å²) >= 11 is 5.79. The number of hydrogen-bond acceptors (Lipinski definition) is 4. The highest BCUT2D eigenvalue weighted by molar-refractivity contribution is 6.29. The zero-order chi connectivity index (χ0) is 15.5. The van der Waals surface area contributed by atoms with Crippen LogP contribution in [0.15, 0.2) is 30.6 Å². The van der Waals surface area contributed by atoms with E-state index in [9.17, 15) is 4.79 Å². The summed E-state index contributed by atoms with van der Waals surface area (Å²) in [5, 5.41) is 3.24. The SMILES string of the molecule is CC(=O)Nc1ccc2c(c1)CCN(c1cnc(Cl)cn1)CC2. The fourth-order valence-corrected chi connectivity index (χ4v) is 2.80. The summed E-state index contributed by atoms with van der Waals surface area (Å²) < 4.78 is 0. The number of benzene rings is 1. The molecule has 0 radical (unpaired) electrons. The Hall–Kier alpha value is -2.14. The number of anilines is 2. The van der Waals surface area contributed by atoms with Crippen molar-refractivity contribution < 1.29 is 4.79 Å². The number of nitrogens with one attached hydrogen (secondary N) is 1. The Kier molecular flexibility index (Phi) is 4.24. The highest BCUT2D eigenvalue weighted by atomic mass is 35.5. The Balaban J connectivity index is 1.77. The second kappa shape index (κ2) is 6.32. The Labute approximate surface area is 134 Å². The second-order valence-corrected chi connectivity index (χ2v) is 5.74. The van der Waals surface area contributed by atoms with Gasteiger partial charge in [0.05, 0.1) is 12.4 Å². The first kappa shape index (κ1) is 14.8. The standard InChI is InChI=1S/C16H17ClN4O/c1-11(22)20-14-3-2-12-4-6-21(7-5-13(12)8-14)16-10-18-15(17)9-19-16/h2-3,8-10H,4-7H2,1H3,(H,20,22). The van der Waals surface area contributed by atoms with Crippen molar-refractivity contribution >= 4 is 29.0 Å². The van der Waals surface area contributed by atoms with Crippen molar-refractivity contribution in [3.8, 4) is 0 Å². The van der Waals surface area contributed by atoms with Crippen molar-refractivity contribution in [2.75, 3.05) is 23.3 Å². The van der Waals surface area contributed by atoms with Gasteiger partial charge in [0, 0.05) is 25.7 Å². The molecule has 1 N–H and O–H groups in total. The van der Waals surface area contributed by atoms with Crippen LogP contribution in [0.25, 0.3) is 0 Å². The van der Waals surface area contributed by atoms with E-state index in [0.29, 0.717) is 5.15 Å². The lowest BCUT2D eigenvalue weighted by molar-refractivity contribution is -0.114. The molecule has 0 saturated carbocycles. The molecule has 0 fully saturated rings. The van der Waals surface area contributed by atoms with Crippen LogP contribution in [-0.4, -0.2) is 29.0 Å². The van der Waals surface area contributed by atoms with Gasteiger partial charge in [0.15, 0.2) is 0 Å². The van der Waals surface area contributed by atoms with Crippen molar-refractivity contribution in [2.45, 2.75) is 19.8 Å². The highest BCUT2D eigenvalue weighted by Gasteiger charge is 2.16. The van der Waals surface area contributed by atoms with Gasteiger partial charge in [0.25, 0.3) is 0 Å². The van der Waals surface area contributed by atoms with Gasteiger partial charge in [0.1, 0.15) is 11.0 Å². The molecule has 114 valence electrons. The average molecular weight is 317 g/mol. The molecular weight excluding hydrogens is 300 g/mol. The fourth-order valence-electron chi connectivity index (χ4n) is 2.70. The van der Waals surface area contributed by atoms with Crippen LogP contribution >= 0.6 is 11.6 Å². The van der Waals surface area contributed by atoms with Crippen LogP contribution in [0.4, 0.5) is 11.5 Å². The molecule has 0 aliphatic carbocycles. The molecular formula is C16H17ClN4O. The molecule has 0 atom stereocenters. The third kappa shape index (κ3) is 3.36.